The van der Waals surface area contributed by atoms with Gasteiger partial charge >= 0.3 is 0 Å². The number of ether oxygens (including phenoxy) is 1. The van der Waals surface area contributed by atoms with E-state index in [2.05, 4.69) is 0 Å². The van der Waals surface area contributed by atoms with Crippen LogP contribution >= 0.6 is 23.4 Å². The van der Waals surface area contributed by atoms with Crippen molar-refractivity contribution in [2.75, 3.05) is 0 Å². The zero-order valence-corrected chi connectivity index (χ0v) is 12.2. The second-order valence-corrected chi connectivity index (χ2v) is 5.60. The highest BCUT2D eigenvalue weighted by atomic mass is 35.5. The summed E-state index contributed by atoms with van der Waals surface area (Å²) in [7, 11) is 0. The summed E-state index contributed by atoms with van der Waals surface area (Å²) in [5, 5.41) is 0.494. The SMILES string of the molecule is CC(Oc1ccc(F)cc1)C(=O)Sc1ccc(Cl)cc1. The minimum Gasteiger partial charge on any atom is -0.482 e. The van der Waals surface area contributed by atoms with Gasteiger partial charge in [0.25, 0.3) is 0 Å². The molecule has 0 saturated carbocycles. The molecule has 20 heavy (non-hydrogen) atoms. The van der Waals surface area contributed by atoms with E-state index in [4.69, 9.17) is 16.3 Å². The Labute approximate surface area is 125 Å². The standard InChI is InChI=1S/C15H12ClFO2S/c1-10(19-13-6-4-12(17)5-7-13)15(18)20-14-8-2-11(16)3-9-14/h2-10H,1H3. The smallest absolute Gasteiger partial charge is 0.233 e. The summed E-state index contributed by atoms with van der Waals surface area (Å²) in [6.45, 7) is 1.66. The third-order valence-corrected chi connectivity index (χ3v) is 3.78. The molecule has 2 aromatic rings. The molecule has 0 radical (unpaired) electrons. The molecule has 0 amide bonds. The molecule has 2 rings (SSSR count). The van der Waals surface area contributed by atoms with Gasteiger partial charge in [0, 0.05) is 9.92 Å². The van der Waals surface area contributed by atoms with Crippen LogP contribution in [0.3, 0.4) is 0 Å². The number of hydrogen-bond donors (Lipinski definition) is 0. The normalized spacial score (nSPS) is 11.9. The predicted molar refractivity (Wildman–Crippen MR) is 78.8 cm³/mol. The molecular weight excluding hydrogens is 299 g/mol. The van der Waals surface area contributed by atoms with Gasteiger partial charge in [-0.3, -0.25) is 4.79 Å². The van der Waals surface area contributed by atoms with E-state index in [1.54, 1.807) is 31.2 Å². The fourth-order valence-corrected chi connectivity index (χ4v) is 2.31. The van der Waals surface area contributed by atoms with Crippen molar-refractivity contribution >= 4 is 28.5 Å². The van der Waals surface area contributed by atoms with E-state index in [1.807, 2.05) is 0 Å². The highest BCUT2D eigenvalue weighted by Crippen LogP contribution is 2.24. The van der Waals surface area contributed by atoms with Gasteiger partial charge in [0.15, 0.2) is 6.10 Å². The molecule has 0 aliphatic heterocycles. The highest BCUT2D eigenvalue weighted by Gasteiger charge is 2.16. The zero-order chi connectivity index (χ0) is 14.5. The molecule has 0 saturated heterocycles. The molecule has 0 heterocycles. The molecule has 0 aliphatic rings. The Morgan fingerprint density at radius 1 is 1.15 bits per heavy atom. The lowest BCUT2D eigenvalue weighted by Crippen LogP contribution is -2.20. The number of benzene rings is 2. The van der Waals surface area contributed by atoms with Gasteiger partial charge in [-0.2, -0.15) is 0 Å². The molecule has 0 spiro atoms. The van der Waals surface area contributed by atoms with Crippen molar-refractivity contribution in [3.05, 3.63) is 59.4 Å². The van der Waals surface area contributed by atoms with Crippen LogP contribution in [0.4, 0.5) is 4.39 Å². The Hall–Kier alpha value is -1.52. The van der Waals surface area contributed by atoms with Crippen LogP contribution in [0, 0.1) is 5.82 Å². The van der Waals surface area contributed by atoms with Crippen molar-refractivity contribution in [2.24, 2.45) is 0 Å². The van der Waals surface area contributed by atoms with Gasteiger partial charge in [0.1, 0.15) is 11.6 Å². The van der Waals surface area contributed by atoms with E-state index in [0.717, 1.165) is 16.7 Å². The summed E-state index contributed by atoms with van der Waals surface area (Å²) in [6.07, 6.45) is -0.624. The van der Waals surface area contributed by atoms with E-state index < -0.39 is 6.10 Å². The van der Waals surface area contributed by atoms with E-state index >= 15 is 0 Å². The quantitative estimate of drug-likeness (QED) is 0.774. The lowest BCUT2D eigenvalue weighted by molar-refractivity contribution is -0.116. The maximum absolute atomic E-state index is 12.8. The number of carbonyl (C=O) groups is 1. The van der Waals surface area contributed by atoms with E-state index in [1.165, 1.54) is 24.3 Å². The third kappa shape index (κ3) is 4.25. The summed E-state index contributed by atoms with van der Waals surface area (Å²) in [4.78, 5) is 12.8. The Bertz CT molecular complexity index is 584. The molecule has 0 aromatic heterocycles. The van der Waals surface area contributed by atoms with Crippen molar-refractivity contribution in [2.45, 2.75) is 17.9 Å². The fraction of sp³-hybridized carbons (Fsp3) is 0.133. The fourth-order valence-electron chi connectivity index (χ4n) is 1.47. The van der Waals surface area contributed by atoms with Gasteiger partial charge in [0.2, 0.25) is 5.12 Å². The summed E-state index contributed by atoms with van der Waals surface area (Å²) in [6, 6.07) is 12.6. The molecule has 1 atom stereocenters. The monoisotopic (exact) mass is 310 g/mol. The topological polar surface area (TPSA) is 26.3 Å². The molecule has 0 bridgehead atoms. The summed E-state index contributed by atoms with van der Waals surface area (Å²) in [5.41, 5.74) is 0. The van der Waals surface area contributed by atoms with Crippen LogP contribution in [0.2, 0.25) is 5.02 Å². The number of rotatable bonds is 4. The van der Waals surface area contributed by atoms with Gasteiger partial charge in [-0.1, -0.05) is 11.6 Å². The molecule has 5 heteroatoms. The predicted octanol–water partition coefficient (Wildman–Crippen LogP) is 4.57. The molecule has 104 valence electrons. The van der Waals surface area contributed by atoms with Crippen LogP contribution < -0.4 is 4.74 Å². The van der Waals surface area contributed by atoms with Gasteiger partial charge < -0.3 is 4.74 Å². The van der Waals surface area contributed by atoms with E-state index in [0.29, 0.717) is 10.8 Å². The van der Waals surface area contributed by atoms with Crippen LogP contribution in [0.25, 0.3) is 0 Å². The van der Waals surface area contributed by atoms with E-state index in [9.17, 15) is 9.18 Å². The molecule has 1 unspecified atom stereocenters. The first-order valence-corrected chi connectivity index (χ1v) is 7.13. The van der Waals surface area contributed by atoms with Gasteiger partial charge in [0.05, 0.1) is 0 Å². The molecule has 0 fully saturated rings. The first-order valence-electron chi connectivity index (χ1n) is 5.94. The molecule has 2 aromatic carbocycles. The first kappa shape index (κ1) is 14.9. The molecule has 2 nitrogen and oxygen atoms in total. The average molecular weight is 311 g/mol. The third-order valence-electron chi connectivity index (χ3n) is 2.49. The van der Waals surface area contributed by atoms with Crippen LogP contribution in [0.5, 0.6) is 5.75 Å². The van der Waals surface area contributed by atoms with Crippen molar-refractivity contribution < 1.29 is 13.9 Å². The molecular formula is C15H12ClFO2S. The zero-order valence-electron chi connectivity index (χ0n) is 10.7. The first-order chi connectivity index (χ1) is 9.54. The van der Waals surface area contributed by atoms with Crippen LogP contribution in [-0.4, -0.2) is 11.2 Å². The molecule has 0 aliphatic carbocycles. The Morgan fingerprint density at radius 3 is 2.35 bits per heavy atom. The van der Waals surface area contributed by atoms with Gasteiger partial charge in [-0.05, 0) is 67.2 Å². The van der Waals surface area contributed by atoms with Crippen molar-refractivity contribution in [1.29, 1.82) is 0 Å². The van der Waals surface area contributed by atoms with Crippen molar-refractivity contribution in [3.8, 4) is 5.75 Å². The Kier molecular flexibility index (Phi) is 5.04. The Balaban J connectivity index is 1.94. The summed E-state index contributed by atoms with van der Waals surface area (Å²) in [5.74, 6) is 0.121. The summed E-state index contributed by atoms with van der Waals surface area (Å²) >= 11 is 6.87. The lowest BCUT2D eigenvalue weighted by atomic mass is 10.3. The largest absolute Gasteiger partial charge is 0.482 e. The minimum absolute atomic E-state index is 0.128. The van der Waals surface area contributed by atoms with Gasteiger partial charge in [-0.15, -0.1) is 0 Å². The number of carbonyl (C=O) groups excluding carboxylic acids is 1. The molecule has 0 N–H and O–H groups in total. The number of thioether (sulfide) groups is 1. The second-order valence-electron chi connectivity index (χ2n) is 4.09. The number of hydrogen-bond acceptors (Lipinski definition) is 3. The lowest BCUT2D eigenvalue weighted by Gasteiger charge is -2.13. The van der Waals surface area contributed by atoms with Crippen LogP contribution in [0.1, 0.15) is 6.92 Å². The number of halogens is 2. The second kappa shape index (κ2) is 6.77. The van der Waals surface area contributed by atoms with Gasteiger partial charge in [-0.25, -0.2) is 4.39 Å². The Morgan fingerprint density at radius 2 is 1.75 bits per heavy atom. The maximum atomic E-state index is 12.8. The average Bonchev–Trinajstić information content (AvgIpc) is 2.44. The van der Waals surface area contributed by atoms with Crippen molar-refractivity contribution in [3.63, 3.8) is 0 Å². The van der Waals surface area contributed by atoms with E-state index in [-0.39, 0.29) is 10.9 Å². The summed E-state index contributed by atoms with van der Waals surface area (Å²) < 4.78 is 18.2. The highest BCUT2D eigenvalue weighted by molar-refractivity contribution is 8.13. The maximum Gasteiger partial charge on any atom is 0.233 e. The van der Waals surface area contributed by atoms with Crippen molar-refractivity contribution in [1.82, 2.24) is 0 Å². The van der Waals surface area contributed by atoms with Crippen LogP contribution in [0.15, 0.2) is 53.4 Å². The van der Waals surface area contributed by atoms with Crippen LogP contribution in [-0.2, 0) is 4.79 Å². The minimum atomic E-state index is -0.624.